The normalized spacial score (nSPS) is 15.2. The van der Waals surface area contributed by atoms with Gasteiger partial charge < -0.3 is 20.3 Å². The number of nitrogens with zero attached hydrogens (tertiary/aromatic N) is 3. The van der Waals surface area contributed by atoms with Crippen molar-refractivity contribution in [3.8, 4) is 5.69 Å². The second-order valence-electron chi connectivity index (χ2n) is 7.87. The number of carbonyl (C=O) groups is 1. The SMILES string of the molecule is NC(=O)c1cn(-c2ccc(N3CCN(CCO)CC3)cc2C(F)(F)F)c2ccccc2c1=O. The Labute approximate surface area is 187 Å². The van der Waals surface area contributed by atoms with E-state index in [9.17, 15) is 22.8 Å². The first-order chi connectivity index (χ1) is 15.7. The van der Waals surface area contributed by atoms with Gasteiger partial charge in [-0.25, -0.2) is 0 Å². The smallest absolute Gasteiger partial charge is 0.395 e. The zero-order valence-corrected chi connectivity index (χ0v) is 17.7. The molecule has 3 aromatic rings. The van der Waals surface area contributed by atoms with Gasteiger partial charge in [0.1, 0.15) is 5.56 Å². The van der Waals surface area contributed by atoms with Gasteiger partial charge in [0.2, 0.25) is 5.43 Å². The second kappa shape index (κ2) is 8.87. The van der Waals surface area contributed by atoms with E-state index in [2.05, 4.69) is 0 Å². The number of primary amides is 1. The lowest BCUT2D eigenvalue weighted by atomic mass is 10.1. The Morgan fingerprint density at radius 2 is 1.76 bits per heavy atom. The summed E-state index contributed by atoms with van der Waals surface area (Å²) in [7, 11) is 0. The van der Waals surface area contributed by atoms with Crippen LogP contribution in [0.25, 0.3) is 16.6 Å². The Kier molecular flexibility index (Phi) is 6.13. The van der Waals surface area contributed by atoms with Crippen LogP contribution in [-0.2, 0) is 6.18 Å². The third-order valence-electron chi connectivity index (χ3n) is 5.88. The van der Waals surface area contributed by atoms with Crippen LogP contribution in [0.2, 0.25) is 0 Å². The van der Waals surface area contributed by atoms with E-state index < -0.39 is 23.1 Å². The fourth-order valence-electron chi connectivity index (χ4n) is 4.18. The minimum atomic E-state index is -4.68. The molecule has 7 nitrogen and oxygen atoms in total. The molecule has 1 aliphatic heterocycles. The van der Waals surface area contributed by atoms with Crippen LogP contribution < -0.4 is 16.1 Å². The number of para-hydroxylation sites is 1. The maximum absolute atomic E-state index is 14.2. The van der Waals surface area contributed by atoms with Gasteiger partial charge in [0.15, 0.2) is 0 Å². The summed E-state index contributed by atoms with van der Waals surface area (Å²) < 4.78 is 43.7. The van der Waals surface area contributed by atoms with Gasteiger partial charge in [0.05, 0.1) is 23.4 Å². The Morgan fingerprint density at radius 3 is 2.39 bits per heavy atom. The van der Waals surface area contributed by atoms with E-state index >= 15 is 0 Å². The molecular formula is C23H23F3N4O3. The molecule has 1 fully saturated rings. The third kappa shape index (κ3) is 4.44. The molecule has 2 heterocycles. The first kappa shape index (κ1) is 22.8. The highest BCUT2D eigenvalue weighted by molar-refractivity contribution is 5.96. The van der Waals surface area contributed by atoms with Crippen molar-refractivity contribution in [2.45, 2.75) is 6.18 Å². The van der Waals surface area contributed by atoms with Gasteiger partial charge in [-0.05, 0) is 30.3 Å². The standard InChI is InChI=1S/C23H23F3N4O3/c24-23(25,26)18-13-15(29-9-7-28(8-10-29)11-12-31)5-6-20(18)30-14-17(22(27)33)21(32)16-3-1-2-4-19(16)30/h1-6,13-14,31H,7-12H2,(H2,27,33). The number of alkyl halides is 3. The predicted molar refractivity (Wildman–Crippen MR) is 119 cm³/mol. The maximum Gasteiger partial charge on any atom is 0.418 e. The van der Waals surface area contributed by atoms with E-state index in [1.54, 1.807) is 18.2 Å². The number of amides is 1. The number of β-amino-alcohol motifs (C(OH)–C–C–N with tert-alkyl or cyclic N) is 1. The lowest BCUT2D eigenvalue weighted by Gasteiger charge is -2.36. The van der Waals surface area contributed by atoms with Gasteiger partial charge in [-0.15, -0.1) is 0 Å². The fraction of sp³-hybridized carbons (Fsp3) is 0.304. The molecule has 1 aromatic heterocycles. The number of hydrogen-bond acceptors (Lipinski definition) is 5. The van der Waals surface area contributed by atoms with Crippen molar-refractivity contribution in [1.82, 2.24) is 9.47 Å². The molecule has 0 unspecified atom stereocenters. The number of aliphatic hydroxyl groups is 1. The Balaban J connectivity index is 1.84. The van der Waals surface area contributed by atoms with Crippen LogP contribution >= 0.6 is 0 Å². The van der Waals surface area contributed by atoms with Gasteiger partial charge in [-0.3, -0.25) is 14.5 Å². The number of piperazine rings is 1. The highest BCUT2D eigenvalue weighted by atomic mass is 19.4. The van der Waals surface area contributed by atoms with Gasteiger partial charge >= 0.3 is 6.18 Å². The minimum absolute atomic E-state index is 0.0353. The molecule has 1 saturated heterocycles. The van der Waals surface area contributed by atoms with Gasteiger partial charge in [0.25, 0.3) is 5.91 Å². The van der Waals surface area contributed by atoms with Crippen molar-refractivity contribution in [3.63, 3.8) is 0 Å². The van der Waals surface area contributed by atoms with Crippen molar-refractivity contribution >= 4 is 22.5 Å². The monoisotopic (exact) mass is 460 g/mol. The topological polar surface area (TPSA) is 91.8 Å². The summed E-state index contributed by atoms with van der Waals surface area (Å²) >= 11 is 0. The number of rotatable bonds is 5. The molecule has 2 aromatic carbocycles. The van der Waals surface area contributed by atoms with Crippen LogP contribution in [0.5, 0.6) is 0 Å². The largest absolute Gasteiger partial charge is 0.418 e. The van der Waals surface area contributed by atoms with E-state index in [1.807, 2.05) is 9.80 Å². The van der Waals surface area contributed by atoms with Crippen molar-refractivity contribution in [3.05, 3.63) is 70.0 Å². The molecule has 1 amide bonds. The summed E-state index contributed by atoms with van der Waals surface area (Å²) in [5.41, 5.74) is 3.90. The number of nitrogens with two attached hydrogens (primary N) is 1. The molecule has 4 rings (SSSR count). The van der Waals surface area contributed by atoms with E-state index in [-0.39, 0.29) is 28.8 Å². The lowest BCUT2D eigenvalue weighted by molar-refractivity contribution is -0.137. The predicted octanol–water partition coefficient (Wildman–Crippen LogP) is 2.22. The van der Waals surface area contributed by atoms with Crippen LogP contribution in [-0.4, -0.2) is 59.8 Å². The molecular weight excluding hydrogens is 437 g/mol. The number of carbonyl (C=O) groups excluding carboxylic acids is 1. The molecule has 10 heteroatoms. The molecule has 1 aliphatic rings. The summed E-state index contributed by atoms with van der Waals surface area (Å²) in [6, 6.07) is 10.2. The van der Waals surface area contributed by atoms with Crippen LogP contribution in [0, 0.1) is 0 Å². The number of benzene rings is 2. The number of fused-ring (bicyclic) bond motifs is 1. The van der Waals surface area contributed by atoms with Crippen LogP contribution in [0.3, 0.4) is 0 Å². The summed E-state index contributed by atoms with van der Waals surface area (Å²) in [5.74, 6) is -1.01. The van der Waals surface area contributed by atoms with E-state index in [1.165, 1.54) is 22.8 Å². The number of hydrogen-bond donors (Lipinski definition) is 2. The third-order valence-corrected chi connectivity index (χ3v) is 5.88. The quantitative estimate of drug-likeness (QED) is 0.609. The van der Waals surface area contributed by atoms with Crippen LogP contribution in [0.1, 0.15) is 15.9 Å². The molecule has 0 bridgehead atoms. The number of aromatic nitrogens is 1. The van der Waals surface area contributed by atoms with Crippen molar-refractivity contribution in [1.29, 1.82) is 0 Å². The van der Waals surface area contributed by atoms with E-state index in [4.69, 9.17) is 10.8 Å². The first-order valence-corrected chi connectivity index (χ1v) is 10.4. The summed E-state index contributed by atoms with van der Waals surface area (Å²) in [6.45, 7) is 2.90. The lowest BCUT2D eigenvalue weighted by Crippen LogP contribution is -2.47. The van der Waals surface area contributed by atoms with E-state index in [0.29, 0.717) is 38.4 Å². The fourth-order valence-corrected chi connectivity index (χ4v) is 4.18. The minimum Gasteiger partial charge on any atom is -0.395 e. The summed E-state index contributed by atoms with van der Waals surface area (Å²) in [6.07, 6.45) is -3.61. The molecule has 0 aliphatic carbocycles. The highest BCUT2D eigenvalue weighted by Gasteiger charge is 2.35. The Morgan fingerprint density at radius 1 is 1.06 bits per heavy atom. The summed E-state index contributed by atoms with van der Waals surface area (Å²) in [5, 5.41) is 9.18. The molecule has 0 saturated carbocycles. The molecule has 0 radical (unpaired) electrons. The number of anilines is 1. The average Bonchev–Trinajstić information content (AvgIpc) is 2.79. The molecule has 0 atom stereocenters. The van der Waals surface area contributed by atoms with E-state index in [0.717, 1.165) is 12.3 Å². The number of aliphatic hydroxyl groups excluding tert-OH is 1. The maximum atomic E-state index is 14.2. The van der Waals surface area contributed by atoms with Crippen molar-refractivity contribution in [2.24, 2.45) is 5.73 Å². The van der Waals surface area contributed by atoms with Crippen LogP contribution in [0.4, 0.5) is 18.9 Å². The molecule has 3 N–H and O–H groups in total. The van der Waals surface area contributed by atoms with Crippen LogP contribution in [0.15, 0.2) is 53.5 Å². The highest BCUT2D eigenvalue weighted by Crippen LogP contribution is 2.37. The van der Waals surface area contributed by atoms with Crippen molar-refractivity contribution in [2.75, 3.05) is 44.2 Å². The average molecular weight is 460 g/mol. The van der Waals surface area contributed by atoms with Gasteiger partial charge in [-0.2, -0.15) is 13.2 Å². The zero-order chi connectivity index (χ0) is 23.8. The van der Waals surface area contributed by atoms with Gasteiger partial charge in [0, 0.05) is 50.0 Å². The molecule has 33 heavy (non-hydrogen) atoms. The Hall–Kier alpha value is -3.37. The molecule has 0 spiro atoms. The van der Waals surface area contributed by atoms with Crippen molar-refractivity contribution < 1.29 is 23.1 Å². The number of halogens is 3. The van der Waals surface area contributed by atoms with Gasteiger partial charge in [-0.1, -0.05) is 12.1 Å². The molecule has 174 valence electrons. The Bertz CT molecular complexity index is 1250. The summed E-state index contributed by atoms with van der Waals surface area (Å²) in [4.78, 5) is 28.3. The number of pyridine rings is 1. The zero-order valence-electron chi connectivity index (χ0n) is 17.7. The first-order valence-electron chi connectivity index (χ1n) is 10.4. The second-order valence-corrected chi connectivity index (χ2v) is 7.87.